The second-order valence-electron chi connectivity index (χ2n) is 10.9. The molecule has 8 nitrogen and oxygen atoms in total. The molecule has 4 heterocycles. The summed E-state index contributed by atoms with van der Waals surface area (Å²) in [4.78, 5) is 21.8. The third-order valence-corrected chi connectivity index (χ3v) is 8.48. The van der Waals surface area contributed by atoms with Crippen molar-refractivity contribution in [3.63, 3.8) is 0 Å². The SMILES string of the molecule is O=C(O)c1ccc2cc(OCN3CCC4(C=C(c5c(-c6ccncc6Cl)noc5C5CC5)C4)CC3)ccc2n1. The highest BCUT2D eigenvalue weighted by atomic mass is 35.5. The maximum Gasteiger partial charge on any atom is 0.354 e. The third-order valence-electron chi connectivity index (χ3n) is 8.18. The number of benzene rings is 1. The Bertz CT molecular complexity index is 1620. The minimum Gasteiger partial charge on any atom is -0.478 e. The number of ether oxygens (including phenoxy) is 1. The van der Waals surface area contributed by atoms with Gasteiger partial charge in [-0.2, -0.15) is 0 Å². The lowest BCUT2D eigenvalue weighted by molar-refractivity contribution is 0.0644. The number of halogens is 1. The lowest BCUT2D eigenvalue weighted by Crippen LogP contribution is -2.43. The molecule has 0 radical (unpaired) electrons. The quantitative estimate of drug-likeness (QED) is 0.285. The van der Waals surface area contributed by atoms with E-state index in [0.29, 0.717) is 23.2 Å². The zero-order valence-electron chi connectivity index (χ0n) is 21.3. The van der Waals surface area contributed by atoms with Crippen LogP contribution in [0, 0.1) is 5.41 Å². The molecule has 1 aromatic carbocycles. The van der Waals surface area contributed by atoms with Crippen molar-refractivity contribution in [1.82, 2.24) is 20.0 Å². The highest BCUT2D eigenvalue weighted by Gasteiger charge is 2.43. The highest BCUT2D eigenvalue weighted by molar-refractivity contribution is 6.33. The van der Waals surface area contributed by atoms with E-state index >= 15 is 0 Å². The summed E-state index contributed by atoms with van der Waals surface area (Å²) in [7, 11) is 0. The van der Waals surface area contributed by atoms with Crippen LogP contribution in [0.1, 0.15) is 59.8 Å². The molecule has 1 N–H and O–H groups in total. The normalized spacial score (nSPS) is 18.6. The molecule has 1 saturated carbocycles. The fourth-order valence-electron chi connectivity index (χ4n) is 5.80. The van der Waals surface area contributed by atoms with Crippen LogP contribution in [0.15, 0.2) is 59.4 Å². The van der Waals surface area contributed by atoms with Crippen LogP contribution in [0.25, 0.3) is 27.7 Å². The molecule has 3 aliphatic rings. The number of allylic oxidation sites excluding steroid dienone is 2. The van der Waals surface area contributed by atoms with Gasteiger partial charge in [-0.05, 0) is 73.4 Å². The lowest BCUT2D eigenvalue weighted by atomic mass is 9.63. The monoisotopic (exact) mass is 542 g/mol. The van der Waals surface area contributed by atoms with Gasteiger partial charge in [-0.1, -0.05) is 28.9 Å². The summed E-state index contributed by atoms with van der Waals surface area (Å²) >= 11 is 6.47. The first kappa shape index (κ1) is 24.3. The second-order valence-corrected chi connectivity index (χ2v) is 11.3. The van der Waals surface area contributed by atoms with Gasteiger partial charge in [-0.3, -0.25) is 9.88 Å². The van der Waals surface area contributed by atoms with Crippen LogP contribution in [0.3, 0.4) is 0 Å². The minimum atomic E-state index is -1.03. The molecular weight excluding hydrogens is 516 g/mol. The van der Waals surface area contributed by atoms with Crippen molar-refractivity contribution in [2.45, 2.75) is 38.0 Å². The standard InChI is InChI=1S/C30H27ClN4O4/c31-23-16-32-10-7-22(23)27-26(28(39-34-27)18-1-2-18)20-14-30(15-20)8-11-35(12-9-30)17-38-21-4-6-24-19(13-21)3-5-25(33-24)29(36)37/h3-7,10,13-14,16,18H,1-2,8-9,11-12,15,17H2,(H,36,37). The van der Waals surface area contributed by atoms with Gasteiger partial charge in [-0.15, -0.1) is 0 Å². The van der Waals surface area contributed by atoms with Crippen molar-refractivity contribution >= 4 is 34.0 Å². The maximum atomic E-state index is 11.2. The van der Waals surface area contributed by atoms with Crippen LogP contribution >= 0.6 is 11.6 Å². The Labute approximate surface area is 230 Å². The number of fused-ring (bicyclic) bond motifs is 1. The van der Waals surface area contributed by atoms with E-state index in [2.05, 4.69) is 26.1 Å². The van der Waals surface area contributed by atoms with Crippen molar-refractivity contribution in [3.05, 3.63) is 76.9 Å². The van der Waals surface area contributed by atoms with Gasteiger partial charge in [-0.25, -0.2) is 9.78 Å². The van der Waals surface area contributed by atoms with E-state index in [1.165, 1.54) is 11.6 Å². The summed E-state index contributed by atoms with van der Waals surface area (Å²) in [6.45, 7) is 2.44. The smallest absolute Gasteiger partial charge is 0.354 e. The summed E-state index contributed by atoms with van der Waals surface area (Å²) in [6.07, 6.45) is 11.3. The number of aromatic nitrogens is 3. The first-order valence-corrected chi connectivity index (χ1v) is 13.7. The third kappa shape index (κ3) is 4.57. The van der Waals surface area contributed by atoms with Gasteiger partial charge in [0.25, 0.3) is 0 Å². The first-order valence-electron chi connectivity index (χ1n) is 13.3. The number of piperidine rings is 1. The maximum absolute atomic E-state index is 11.2. The zero-order chi connectivity index (χ0) is 26.6. The van der Waals surface area contributed by atoms with Crippen LogP contribution in [0.4, 0.5) is 0 Å². The number of pyridine rings is 2. The fraction of sp³-hybridized carbons (Fsp3) is 0.333. The molecule has 0 unspecified atom stereocenters. The van der Waals surface area contributed by atoms with Crippen molar-refractivity contribution in [1.29, 1.82) is 0 Å². The van der Waals surface area contributed by atoms with Gasteiger partial charge >= 0.3 is 5.97 Å². The Morgan fingerprint density at radius 3 is 2.74 bits per heavy atom. The van der Waals surface area contributed by atoms with Crippen molar-refractivity contribution < 1.29 is 19.2 Å². The Kier molecular flexibility index (Phi) is 5.90. The molecule has 7 rings (SSSR count). The summed E-state index contributed by atoms with van der Waals surface area (Å²) in [5, 5.41) is 15.0. The number of hydrogen-bond acceptors (Lipinski definition) is 7. The van der Waals surface area contributed by atoms with Crippen molar-refractivity contribution in [3.8, 4) is 17.0 Å². The second kappa shape index (κ2) is 9.47. The number of hydrogen-bond donors (Lipinski definition) is 1. The number of nitrogens with zero attached hydrogens (tertiary/aromatic N) is 4. The number of likely N-dealkylation sites (tertiary alicyclic amines) is 1. The highest BCUT2D eigenvalue weighted by Crippen LogP contribution is 2.55. The summed E-state index contributed by atoms with van der Waals surface area (Å²) in [5.74, 6) is 1.19. The van der Waals surface area contributed by atoms with E-state index < -0.39 is 5.97 Å². The average molecular weight is 543 g/mol. The molecule has 1 spiro atoms. The van der Waals surface area contributed by atoms with Gasteiger partial charge in [0.2, 0.25) is 0 Å². The minimum absolute atomic E-state index is 0.0387. The summed E-state index contributed by atoms with van der Waals surface area (Å²) in [6, 6.07) is 10.7. The van der Waals surface area contributed by atoms with Crippen LogP contribution in [0.5, 0.6) is 5.75 Å². The van der Waals surface area contributed by atoms with E-state index in [1.54, 1.807) is 24.5 Å². The Balaban J connectivity index is 1.01. The topological polar surface area (TPSA) is 102 Å². The van der Waals surface area contributed by atoms with Gasteiger partial charge in [0, 0.05) is 47.9 Å². The molecule has 198 valence electrons. The molecule has 4 aromatic rings. The molecule has 39 heavy (non-hydrogen) atoms. The van der Waals surface area contributed by atoms with Gasteiger partial charge in [0.05, 0.1) is 10.5 Å². The Morgan fingerprint density at radius 2 is 2.00 bits per heavy atom. The lowest BCUT2D eigenvalue weighted by Gasteiger charge is -2.46. The average Bonchev–Trinajstić information content (AvgIpc) is 3.69. The molecular formula is C30H27ClN4O4. The van der Waals surface area contributed by atoms with E-state index in [0.717, 1.165) is 78.9 Å². The van der Waals surface area contributed by atoms with Gasteiger partial charge in [0.1, 0.15) is 29.6 Å². The van der Waals surface area contributed by atoms with Crippen LogP contribution in [0.2, 0.25) is 5.02 Å². The van der Waals surface area contributed by atoms with Crippen LogP contribution < -0.4 is 4.74 Å². The fourth-order valence-corrected chi connectivity index (χ4v) is 6.00. The van der Waals surface area contributed by atoms with E-state index in [-0.39, 0.29) is 11.1 Å². The van der Waals surface area contributed by atoms with E-state index in [1.807, 2.05) is 18.2 Å². The van der Waals surface area contributed by atoms with E-state index in [9.17, 15) is 4.79 Å². The molecule has 0 bridgehead atoms. The molecule has 1 aliphatic heterocycles. The molecule has 2 aliphatic carbocycles. The molecule has 2 fully saturated rings. The number of carbonyl (C=O) groups is 1. The number of rotatable bonds is 7. The van der Waals surface area contributed by atoms with E-state index in [4.69, 9.17) is 26.0 Å². The van der Waals surface area contributed by atoms with Gasteiger partial charge in [0.15, 0.2) is 0 Å². The van der Waals surface area contributed by atoms with Crippen molar-refractivity contribution in [2.24, 2.45) is 5.41 Å². The molecule has 1 saturated heterocycles. The molecule has 3 aromatic heterocycles. The number of aromatic carboxylic acids is 1. The Morgan fingerprint density at radius 1 is 1.18 bits per heavy atom. The van der Waals surface area contributed by atoms with Crippen LogP contribution in [-0.2, 0) is 0 Å². The predicted octanol–water partition coefficient (Wildman–Crippen LogP) is 6.42. The molecule has 9 heteroatoms. The molecule has 0 amide bonds. The zero-order valence-corrected chi connectivity index (χ0v) is 22.0. The Hall–Kier alpha value is -3.75. The largest absolute Gasteiger partial charge is 0.478 e. The predicted molar refractivity (Wildman–Crippen MR) is 147 cm³/mol. The van der Waals surface area contributed by atoms with Crippen molar-refractivity contribution in [2.75, 3.05) is 19.8 Å². The summed E-state index contributed by atoms with van der Waals surface area (Å²) in [5.41, 5.74) is 5.06. The molecule has 0 atom stereocenters. The van der Waals surface area contributed by atoms with Crippen LogP contribution in [-0.4, -0.2) is 50.9 Å². The number of carboxylic acids is 1. The number of carboxylic acid groups (broad SMARTS) is 1. The van der Waals surface area contributed by atoms with Gasteiger partial charge < -0.3 is 14.4 Å². The first-order chi connectivity index (χ1) is 19.0. The summed E-state index contributed by atoms with van der Waals surface area (Å²) < 4.78 is 12.0.